The van der Waals surface area contributed by atoms with Crippen molar-refractivity contribution in [1.29, 1.82) is 0 Å². The first kappa shape index (κ1) is 133. The summed E-state index contributed by atoms with van der Waals surface area (Å²) in [6.45, 7) is 0. The van der Waals surface area contributed by atoms with Crippen molar-refractivity contribution in [2.75, 3.05) is 0 Å². The summed E-state index contributed by atoms with van der Waals surface area (Å²) < 4.78 is 0. The fourth-order valence-electron chi connectivity index (χ4n) is 0. The SMILES string of the molecule is NCl.O.O.O.O. The molecule has 0 amide bonds. The predicted octanol–water partition coefficient (Wildman–Crippen LogP) is -3.20. The van der Waals surface area contributed by atoms with Crippen molar-refractivity contribution in [1.82, 2.24) is 0 Å². The molecule has 6 heavy (non-hydrogen) atoms. The van der Waals surface area contributed by atoms with E-state index in [9.17, 15) is 0 Å². The topological polar surface area (TPSA) is 152 Å². The monoisotopic (exact) mass is 123 g/mol. The molecule has 10 N–H and O–H groups in total. The van der Waals surface area contributed by atoms with E-state index in [-0.39, 0.29) is 21.9 Å². The van der Waals surface area contributed by atoms with Crippen LogP contribution in [-0.4, -0.2) is 21.9 Å². The molecule has 0 aliphatic rings. The molecule has 0 saturated heterocycles. The number of halogens is 1. The summed E-state index contributed by atoms with van der Waals surface area (Å²) in [5.41, 5.74) is 0. The van der Waals surface area contributed by atoms with Crippen molar-refractivity contribution < 1.29 is 21.9 Å². The van der Waals surface area contributed by atoms with E-state index >= 15 is 0 Å². The van der Waals surface area contributed by atoms with Crippen LogP contribution >= 0.6 is 11.8 Å². The second kappa shape index (κ2) is 10500. The summed E-state index contributed by atoms with van der Waals surface area (Å²) >= 11 is 4.14. The Morgan fingerprint density at radius 2 is 0.667 bits per heavy atom. The van der Waals surface area contributed by atoms with Crippen molar-refractivity contribution in [2.24, 2.45) is 5.25 Å². The van der Waals surface area contributed by atoms with Crippen LogP contribution in [0.1, 0.15) is 0 Å². The van der Waals surface area contributed by atoms with E-state index in [0.717, 1.165) is 0 Å². The largest absolute Gasteiger partial charge is 0.412 e. The Balaban J connectivity index is -0.000000000833. The molecule has 0 saturated carbocycles. The lowest BCUT2D eigenvalue weighted by Crippen LogP contribution is -1.48. The van der Waals surface area contributed by atoms with Crippen LogP contribution in [0.2, 0.25) is 0 Å². The highest BCUT2D eigenvalue weighted by molar-refractivity contribution is 6.11. The molecule has 0 heterocycles. The zero-order valence-electron chi connectivity index (χ0n) is 2.96. The van der Waals surface area contributed by atoms with Gasteiger partial charge in [-0.1, -0.05) is 0 Å². The van der Waals surface area contributed by atoms with E-state index in [2.05, 4.69) is 17.0 Å². The fourth-order valence-corrected chi connectivity index (χ4v) is 0. The van der Waals surface area contributed by atoms with E-state index < -0.39 is 0 Å². The van der Waals surface area contributed by atoms with Gasteiger partial charge in [0.2, 0.25) is 0 Å². The molecule has 0 aliphatic heterocycles. The molecule has 46 valence electrons. The lowest BCUT2D eigenvalue weighted by Gasteiger charge is -1.14. The minimum absolute atomic E-state index is 0. The summed E-state index contributed by atoms with van der Waals surface area (Å²) in [6.07, 6.45) is 0. The van der Waals surface area contributed by atoms with Crippen LogP contribution in [-0.2, 0) is 0 Å². The number of hydrogen-bond donors (Lipinski definition) is 1. The molecule has 0 atom stereocenters. The molecule has 0 aliphatic carbocycles. The first-order chi connectivity index (χ1) is 1.00. The van der Waals surface area contributed by atoms with Gasteiger partial charge in [0.1, 0.15) is 0 Å². The summed E-state index contributed by atoms with van der Waals surface area (Å²) in [5.74, 6) is 0. The lowest BCUT2D eigenvalue weighted by molar-refractivity contribution is 0.823. The van der Waals surface area contributed by atoms with E-state index in [4.69, 9.17) is 0 Å². The molecule has 0 aromatic rings. The molecule has 5 nitrogen and oxygen atoms in total. The van der Waals surface area contributed by atoms with Gasteiger partial charge in [0.25, 0.3) is 0 Å². The maximum atomic E-state index is 4.14. The van der Waals surface area contributed by atoms with Crippen LogP contribution in [0.15, 0.2) is 0 Å². The summed E-state index contributed by atoms with van der Waals surface area (Å²) in [6, 6.07) is 0. The van der Waals surface area contributed by atoms with Crippen molar-refractivity contribution in [3.05, 3.63) is 0 Å². The Kier molecular flexibility index (Phi) is 233000. The first-order valence-electron chi connectivity index (χ1n) is 0.218. The lowest BCUT2D eigenvalue weighted by atomic mass is 14.0. The molecule has 0 unspecified atom stereocenters. The van der Waals surface area contributed by atoms with Gasteiger partial charge in [-0.15, -0.1) is 0 Å². The second-order valence-corrected chi connectivity index (χ2v) is 0. The molecule has 0 radical (unpaired) electrons. The quantitative estimate of drug-likeness (QED) is 0.331. The van der Waals surface area contributed by atoms with E-state index in [0.29, 0.717) is 0 Å². The molecular formula is H10ClNO4. The van der Waals surface area contributed by atoms with Crippen LogP contribution in [0.4, 0.5) is 0 Å². The van der Waals surface area contributed by atoms with Crippen LogP contribution in [0, 0.1) is 0 Å². The predicted molar refractivity (Wildman–Crippen MR) is 24.5 cm³/mol. The summed E-state index contributed by atoms with van der Waals surface area (Å²) in [7, 11) is 0. The Hall–Kier alpha value is 0.0900. The second-order valence-electron chi connectivity index (χ2n) is 0. The average Bonchev–Trinajstić information content (AvgIpc) is 1.00. The Morgan fingerprint density at radius 3 is 0.667 bits per heavy atom. The van der Waals surface area contributed by atoms with Gasteiger partial charge in [0.05, 0.1) is 0 Å². The third-order valence-corrected chi connectivity index (χ3v) is 0. The van der Waals surface area contributed by atoms with Gasteiger partial charge < -0.3 is 21.9 Å². The number of hydrogen-bond acceptors (Lipinski definition) is 1. The Bertz CT molecular complexity index is 7.51. The van der Waals surface area contributed by atoms with E-state index in [1.165, 1.54) is 0 Å². The maximum Gasteiger partial charge on any atom is -0.0285 e. The van der Waals surface area contributed by atoms with Gasteiger partial charge in [0.15, 0.2) is 0 Å². The number of rotatable bonds is 0. The molecule has 0 spiro atoms. The standard InChI is InChI=1S/ClH2N.4H2O/c1-2;;;;/h2H2;4*1H2. The Labute approximate surface area is 40.1 Å². The van der Waals surface area contributed by atoms with Crippen LogP contribution in [0.3, 0.4) is 0 Å². The third-order valence-electron chi connectivity index (χ3n) is 0. The molecule has 0 fully saturated rings. The highest BCUT2D eigenvalue weighted by Crippen LogP contribution is 1.15. The molecular weight excluding hydrogens is 113 g/mol. The normalized spacial score (nSPS) is 1.00. The third kappa shape index (κ3) is 4820. The summed E-state index contributed by atoms with van der Waals surface area (Å²) in [5, 5.41) is 3.97. The zero-order chi connectivity index (χ0) is 2.00. The number of nitrogens with two attached hydrogens (primary N) is 1. The molecule has 0 aromatic carbocycles. The molecule has 0 aromatic heterocycles. The van der Waals surface area contributed by atoms with E-state index in [1.807, 2.05) is 0 Å². The maximum absolute atomic E-state index is 4.14. The fraction of sp³-hybridized carbons (Fsp3) is 0. The smallest absolute Gasteiger partial charge is 0.0285 e. The molecule has 6 heteroatoms. The van der Waals surface area contributed by atoms with Crippen LogP contribution < -0.4 is 5.25 Å². The average molecular weight is 124 g/mol. The van der Waals surface area contributed by atoms with Gasteiger partial charge in [-0.2, -0.15) is 0 Å². The molecule has 0 bridgehead atoms. The van der Waals surface area contributed by atoms with Gasteiger partial charge in [0, 0.05) is 0 Å². The zero-order valence-corrected chi connectivity index (χ0v) is 3.71. The minimum Gasteiger partial charge on any atom is -0.412 e. The van der Waals surface area contributed by atoms with Crippen molar-refractivity contribution >= 4 is 11.8 Å². The van der Waals surface area contributed by atoms with Crippen LogP contribution in [0.25, 0.3) is 0 Å². The first-order valence-corrected chi connectivity index (χ1v) is 0.655. The van der Waals surface area contributed by atoms with Gasteiger partial charge >= 0.3 is 0 Å². The van der Waals surface area contributed by atoms with Crippen LogP contribution in [0.5, 0.6) is 0 Å². The van der Waals surface area contributed by atoms with Crippen molar-refractivity contribution in [3.63, 3.8) is 0 Å². The summed E-state index contributed by atoms with van der Waals surface area (Å²) in [4.78, 5) is 0. The van der Waals surface area contributed by atoms with Gasteiger partial charge in [-0.3, -0.25) is 0 Å². The molecule has 0 rings (SSSR count). The Morgan fingerprint density at radius 1 is 0.667 bits per heavy atom. The van der Waals surface area contributed by atoms with E-state index in [1.54, 1.807) is 0 Å². The minimum atomic E-state index is 0. The van der Waals surface area contributed by atoms with Gasteiger partial charge in [-0.25, -0.2) is 5.25 Å². The highest BCUT2D eigenvalue weighted by Gasteiger charge is 0.868. The van der Waals surface area contributed by atoms with Gasteiger partial charge in [-0.05, 0) is 11.8 Å². The van der Waals surface area contributed by atoms with Crippen molar-refractivity contribution in [2.45, 2.75) is 0 Å². The highest BCUT2D eigenvalue weighted by atomic mass is 35.5. The van der Waals surface area contributed by atoms with Crippen molar-refractivity contribution in [3.8, 4) is 0 Å².